The van der Waals surface area contributed by atoms with E-state index in [1.165, 1.54) is 0 Å². The number of carbonyl (C=O) groups is 1. The van der Waals surface area contributed by atoms with Gasteiger partial charge < -0.3 is 5.32 Å². The van der Waals surface area contributed by atoms with Crippen molar-refractivity contribution in [2.24, 2.45) is 0 Å². The van der Waals surface area contributed by atoms with E-state index < -0.39 is 5.54 Å². The van der Waals surface area contributed by atoms with E-state index in [1.807, 2.05) is 36.4 Å². The molecule has 2 atom stereocenters. The maximum atomic E-state index is 12.8. The number of carbonyl (C=O) groups excluding carboxylic acids is 1. The van der Waals surface area contributed by atoms with Gasteiger partial charge in [-0.05, 0) is 28.8 Å². The van der Waals surface area contributed by atoms with Gasteiger partial charge in [0.05, 0.1) is 5.54 Å². The smallest absolute Gasteiger partial charge is 0.241 e. The van der Waals surface area contributed by atoms with Gasteiger partial charge in [-0.2, -0.15) is 0 Å². The summed E-state index contributed by atoms with van der Waals surface area (Å²) in [5.74, 6) is 0.0191. The Bertz CT molecular complexity index is 1070. The van der Waals surface area contributed by atoms with Crippen molar-refractivity contribution in [1.82, 2.24) is 10.6 Å². The molecule has 158 valence electrons. The molecule has 1 heterocycles. The number of nitrogens with one attached hydrogen (secondary N) is 2. The highest BCUT2D eigenvalue weighted by atomic mass is 32.2. The van der Waals surface area contributed by atoms with Gasteiger partial charge in [0.25, 0.3) is 0 Å². The van der Waals surface area contributed by atoms with Crippen LogP contribution >= 0.6 is 11.8 Å². The summed E-state index contributed by atoms with van der Waals surface area (Å²) in [6.07, 6.45) is 0. The molecule has 1 amide bonds. The van der Waals surface area contributed by atoms with Gasteiger partial charge >= 0.3 is 0 Å². The predicted octanol–water partition coefficient (Wildman–Crippen LogP) is 5.18. The standard InChI is InChI=1S/C28H24N2OS/c31-26-25(27(29-26)32-24-19-11-4-12-20-24)30-28(21-13-5-1-6-14-21,22-15-7-2-8-16-22)23-17-9-3-10-18-23/h1-20,25,27,30H,(H,29,31)/t25-,27+/m1/s1. The molecule has 0 unspecified atom stereocenters. The first-order valence-electron chi connectivity index (χ1n) is 10.7. The summed E-state index contributed by atoms with van der Waals surface area (Å²) in [5, 5.41) is 6.83. The van der Waals surface area contributed by atoms with Gasteiger partial charge in [0.2, 0.25) is 5.91 Å². The van der Waals surface area contributed by atoms with Crippen molar-refractivity contribution in [2.45, 2.75) is 21.9 Å². The fraction of sp³-hybridized carbons (Fsp3) is 0.107. The van der Waals surface area contributed by atoms with Crippen LogP contribution in [0, 0.1) is 0 Å². The maximum Gasteiger partial charge on any atom is 0.241 e. The fourth-order valence-corrected chi connectivity index (χ4v) is 5.40. The van der Waals surface area contributed by atoms with Crippen LogP contribution in [-0.2, 0) is 10.3 Å². The second kappa shape index (κ2) is 9.03. The normalized spacial score (nSPS) is 17.9. The van der Waals surface area contributed by atoms with Crippen LogP contribution in [0.1, 0.15) is 16.7 Å². The molecule has 1 fully saturated rings. The van der Waals surface area contributed by atoms with Gasteiger partial charge in [0.15, 0.2) is 0 Å². The minimum atomic E-state index is -0.665. The summed E-state index contributed by atoms with van der Waals surface area (Å²) in [4.78, 5) is 13.9. The largest absolute Gasteiger partial charge is 0.340 e. The van der Waals surface area contributed by atoms with Crippen LogP contribution in [-0.4, -0.2) is 17.3 Å². The quantitative estimate of drug-likeness (QED) is 0.310. The molecule has 1 saturated heterocycles. The topological polar surface area (TPSA) is 41.1 Å². The molecule has 0 bridgehead atoms. The zero-order valence-electron chi connectivity index (χ0n) is 17.5. The van der Waals surface area contributed by atoms with Crippen LogP contribution in [0.25, 0.3) is 0 Å². The van der Waals surface area contributed by atoms with Gasteiger partial charge in [0.1, 0.15) is 11.4 Å². The zero-order valence-corrected chi connectivity index (χ0v) is 18.3. The Hall–Kier alpha value is -3.34. The lowest BCUT2D eigenvalue weighted by atomic mass is 9.76. The van der Waals surface area contributed by atoms with Crippen molar-refractivity contribution < 1.29 is 4.79 Å². The molecule has 0 aliphatic carbocycles. The van der Waals surface area contributed by atoms with Crippen LogP contribution in [0.15, 0.2) is 126 Å². The molecule has 4 heteroatoms. The monoisotopic (exact) mass is 436 g/mol. The van der Waals surface area contributed by atoms with Crippen molar-refractivity contribution in [3.63, 3.8) is 0 Å². The molecule has 4 aromatic carbocycles. The number of hydrogen-bond donors (Lipinski definition) is 2. The van der Waals surface area contributed by atoms with Crippen LogP contribution in [0.5, 0.6) is 0 Å². The summed E-state index contributed by atoms with van der Waals surface area (Å²) >= 11 is 1.67. The minimum absolute atomic E-state index is 0.0191. The van der Waals surface area contributed by atoms with Gasteiger partial charge in [-0.3, -0.25) is 10.1 Å². The van der Waals surface area contributed by atoms with E-state index >= 15 is 0 Å². The van der Waals surface area contributed by atoms with Crippen LogP contribution in [0.4, 0.5) is 0 Å². The molecule has 2 N–H and O–H groups in total. The average Bonchev–Trinajstić information content (AvgIpc) is 2.87. The molecule has 0 spiro atoms. The average molecular weight is 437 g/mol. The van der Waals surface area contributed by atoms with E-state index in [0.29, 0.717) is 0 Å². The van der Waals surface area contributed by atoms with E-state index in [4.69, 9.17) is 0 Å². The molecule has 4 aromatic rings. The first-order chi connectivity index (χ1) is 15.8. The summed E-state index contributed by atoms with van der Waals surface area (Å²) in [5.41, 5.74) is 2.63. The van der Waals surface area contributed by atoms with E-state index in [-0.39, 0.29) is 17.3 Å². The Kier molecular flexibility index (Phi) is 5.80. The van der Waals surface area contributed by atoms with Gasteiger partial charge in [-0.25, -0.2) is 0 Å². The molecular weight excluding hydrogens is 412 g/mol. The van der Waals surface area contributed by atoms with E-state index in [1.54, 1.807) is 11.8 Å². The lowest BCUT2D eigenvalue weighted by Gasteiger charge is -2.45. The minimum Gasteiger partial charge on any atom is -0.340 e. The zero-order chi connectivity index (χ0) is 21.8. The Morgan fingerprint density at radius 2 is 1.03 bits per heavy atom. The number of thioether (sulfide) groups is 1. The molecule has 5 rings (SSSR count). The van der Waals surface area contributed by atoms with Crippen LogP contribution in [0.2, 0.25) is 0 Å². The third kappa shape index (κ3) is 3.83. The van der Waals surface area contributed by atoms with Gasteiger partial charge in [-0.1, -0.05) is 121 Å². The Balaban J connectivity index is 1.61. The Morgan fingerprint density at radius 1 is 0.625 bits per heavy atom. The molecule has 3 nitrogen and oxygen atoms in total. The highest BCUT2D eigenvalue weighted by molar-refractivity contribution is 8.00. The predicted molar refractivity (Wildman–Crippen MR) is 130 cm³/mol. The number of benzene rings is 4. The highest BCUT2D eigenvalue weighted by Gasteiger charge is 2.47. The fourth-order valence-electron chi connectivity index (χ4n) is 4.29. The first-order valence-corrected chi connectivity index (χ1v) is 11.6. The maximum absolute atomic E-state index is 12.8. The molecule has 32 heavy (non-hydrogen) atoms. The van der Waals surface area contributed by atoms with Gasteiger partial charge in [-0.15, -0.1) is 0 Å². The van der Waals surface area contributed by atoms with Crippen molar-refractivity contribution in [3.8, 4) is 0 Å². The third-order valence-electron chi connectivity index (χ3n) is 5.87. The summed E-state index contributed by atoms with van der Waals surface area (Å²) in [6, 6.07) is 41.0. The highest BCUT2D eigenvalue weighted by Crippen LogP contribution is 2.39. The van der Waals surface area contributed by atoms with Crippen molar-refractivity contribution in [1.29, 1.82) is 0 Å². The van der Waals surface area contributed by atoms with Crippen molar-refractivity contribution in [3.05, 3.63) is 138 Å². The number of β-lactam (4-membered cyclic amide) rings is 1. The molecule has 0 radical (unpaired) electrons. The second-order valence-electron chi connectivity index (χ2n) is 7.83. The molecule has 0 saturated carbocycles. The Labute approximate surface area is 192 Å². The summed E-state index contributed by atoms with van der Waals surface area (Å²) in [7, 11) is 0. The van der Waals surface area contributed by atoms with Crippen molar-refractivity contribution in [2.75, 3.05) is 0 Å². The first kappa shape index (κ1) is 20.6. The van der Waals surface area contributed by atoms with Crippen LogP contribution < -0.4 is 10.6 Å². The van der Waals surface area contributed by atoms with Crippen LogP contribution in [0.3, 0.4) is 0 Å². The lowest BCUT2D eigenvalue weighted by molar-refractivity contribution is -0.129. The molecular formula is C28H24N2OS. The number of rotatable bonds is 7. The molecule has 1 aliphatic heterocycles. The SMILES string of the molecule is O=C1N[C@@H](Sc2ccccc2)[C@@H]1NC(c1ccccc1)(c1ccccc1)c1ccccc1. The molecule has 0 aromatic heterocycles. The van der Waals surface area contributed by atoms with E-state index in [0.717, 1.165) is 21.6 Å². The number of amides is 1. The lowest BCUT2D eigenvalue weighted by Crippen LogP contribution is -2.70. The van der Waals surface area contributed by atoms with Crippen molar-refractivity contribution >= 4 is 17.7 Å². The number of hydrogen-bond acceptors (Lipinski definition) is 3. The molecule has 1 aliphatic rings. The summed E-state index contributed by atoms with van der Waals surface area (Å²) in [6.45, 7) is 0. The van der Waals surface area contributed by atoms with Gasteiger partial charge in [0, 0.05) is 4.90 Å². The second-order valence-corrected chi connectivity index (χ2v) is 9.05. The van der Waals surface area contributed by atoms with E-state index in [9.17, 15) is 4.79 Å². The Morgan fingerprint density at radius 3 is 1.44 bits per heavy atom. The summed E-state index contributed by atoms with van der Waals surface area (Å²) < 4.78 is 0. The third-order valence-corrected chi connectivity index (χ3v) is 7.06. The van der Waals surface area contributed by atoms with E-state index in [2.05, 4.69) is 95.6 Å².